The SMILES string of the molecule is CCc1ccc(C(C)(N)Cc2ccc(Br)cc2F)cc1. The molecule has 0 radical (unpaired) electrons. The second-order valence-electron chi connectivity index (χ2n) is 5.38. The number of nitrogens with two attached hydrogens (primary N) is 1. The van der Waals surface area contributed by atoms with Gasteiger partial charge < -0.3 is 5.73 Å². The zero-order valence-corrected chi connectivity index (χ0v) is 13.4. The third kappa shape index (κ3) is 3.47. The number of benzene rings is 2. The average molecular weight is 336 g/mol. The second-order valence-corrected chi connectivity index (χ2v) is 6.30. The summed E-state index contributed by atoms with van der Waals surface area (Å²) in [6.07, 6.45) is 1.47. The standard InChI is InChI=1S/C17H19BrFN/c1-3-12-4-7-14(8-5-12)17(2,20)11-13-6-9-15(18)10-16(13)19/h4-10H,3,11,20H2,1-2H3. The molecule has 0 aliphatic rings. The minimum atomic E-state index is -0.582. The van der Waals surface area contributed by atoms with Crippen molar-refractivity contribution in [1.82, 2.24) is 0 Å². The van der Waals surface area contributed by atoms with Crippen molar-refractivity contribution in [3.63, 3.8) is 0 Å². The molecule has 1 unspecified atom stereocenters. The normalized spacial score (nSPS) is 14.1. The van der Waals surface area contributed by atoms with Crippen LogP contribution in [0.15, 0.2) is 46.9 Å². The fraction of sp³-hybridized carbons (Fsp3) is 0.294. The number of halogens is 2. The van der Waals surface area contributed by atoms with Crippen LogP contribution < -0.4 is 5.73 Å². The Bertz CT molecular complexity index is 590. The summed E-state index contributed by atoms with van der Waals surface area (Å²) in [5.74, 6) is -0.221. The maximum absolute atomic E-state index is 13.9. The largest absolute Gasteiger partial charge is 0.321 e. The first-order chi connectivity index (χ1) is 9.42. The van der Waals surface area contributed by atoms with E-state index >= 15 is 0 Å². The van der Waals surface area contributed by atoms with Crippen LogP contribution in [0.25, 0.3) is 0 Å². The molecule has 20 heavy (non-hydrogen) atoms. The van der Waals surface area contributed by atoms with Gasteiger partial charge in [0.2, 0.25) is 0 Å². The fourth-order valence-corrected chi connectivity index (χ4v) is 2.62. The smallest absolute Gasteiger partial charge is 0.127 e. The van der Waals surface area contributed by atoms with Gasteiger partial charge in [-0.2, -0.15) is 0 Å². The molecule has 1 nitrogen and oxygen atoms in total. The first-order valence-electron chi connectivity index (χ1n) is 6.74. The van der Waals surface area contributed by atoms with Crippen LogP contribution in [0.3, 0.4) is 0 Å². The number of aryl methyl sites for hydroxylation is 1. The van der Waals surface area contributed by atoms with E-state index < -0.39 is 5.54 Å². The van der Waals surface area contributed by atoms with E-state index in [1.165, 1.54) is 11.6 Å². The van der Waals surface area contributed by atoms with E-state index in [9.17, 15) is 4.39 Å². The highest BCUT2D eigenvalue weighted by Gasteiger charge is 2.23. The third-order valence-electron chi connectivity index (χ3n) is 3.59. The average Bonchev–Trinajstić information content (AvgIpc) is 2.42. The molecule has 3 heteroatoms. The van der Waals surface area contributed by atoms with Crippen molar-refractivity contribution < 1.29 is 4.39 Å². The maximum Gasteiger partial charge on any atom is 0.127 e. The van der Waals surface area contributed by atoms with Crippen LogP contribution >= 0.6 is 15.9 Å². The van der Waals surface area contributed by atoms with Gasteiger partial charge in [0.1, 0.15) is 5.82 Å². The van der Waals surface area contributed by atoms with Gasteiger partial charge in [-0.05, 0) is 48.6 Å². The molecule has 0 aliphatic carbocycles. The summed E-state index contributed by atoms with van der Waals surface area (Å²) in [7, 11) is 0. The van der Waals surface area contributed by atoms with E-state index in [1.54, 1.807) is 6.07 Å². The number of hydrogen-bond acceptors (Lipinski definition) is 1. The highest BCUT2D eigenvalue weighted by molar-refractivity contribution is 9.10. The van der Waals surface area contributed by atoms with Crippen molar-refractivity contribution in [3.05, 3.63) is 69.4 Å². The van der Waals surface area contributed by atoms with E-state index in [0.29, 0.717) is 12.0 Å². The highest BCUT2D eigenvalue weighted by Crippen LogP contribution is 2.26. The van der Waals surface area contributed by atoms with Crippen LogP contribution in [0, 0.1) is 5.82 Å². The zero-order chi connectivity index (χ0) is 14.8. The predicted molar refractivity (Wildman–Crippen MR) is 85.2 cm³/mol. The van der Waals surface area contributed by atoms with Gasteiger partial charge in [0.15, 0.2) is 0 Å². The molecule has 0 spiro atoms. The molecule has 0 saturated carbocycles. The van der Waals surface area contributed by atoms with Gasteiger partial charge in [0.05, 0.1) is 0 Å². The molecule has 0 heterocycles. The molecule has 0 amide bonds. The van der Waals surface area contributed by atoms with Crippen molar-refractivity contribution in [3.8, 4) is 0 Å². The Morgan fingerprint density at radius 1 is 1.15 bits per heavy atom. The molecule has 0 fully saturated rings. The van der Waals surface area contributed by atoms with E-state index in [0.717, 1.165) is 16.5 Å². The molecule has 106 valence electrons. The summed E-state index contributed by atoms with van der Waals surface area (Å²) >= 11 is 3.27. The number of rotatable bonds is 4. The Morgan fingerprint density at radius 3 is 2.35 bits per heavy atom. The van der Waals surface area contributed by atoms with Crippen molar-refractivity contribution >= 4 is 15.9 Å². The second kappa shape index (κ2) is 6.06. The topological polar surface area (TPSA) is 26.0 Å². The Kier molecular flexibility index (Phi) is 4.61. The van der Waals surface area contributed by atoms with Gasteiger partial charge in [-0.1, -0.05) is 53.2 Å². The van der Waals surface area contributed by atoms with Crippen LogP contribution in [0.2, 0.25) is 0 Å². The molecule has 2 rings (SSSR count). The van der Waals surface area contributed by atoms with E-state index in [-0.39, 0.29) is 5.82 Å². The van der Waals surface area contributed by atoms with Crippen molar-refractivity contribution in [2.24, 2.45) is 5.73 Å². The number of hydrogen-bond donors (Lipinski definition) is 1. The first-order valence-corrected chi connectivity index (χ1v) is 7.54. The van der Waals surface area contributed by atoms with Gasteiger partial charge in [0.25, 0.3) is 0 Å². The Hall–Kier alpha value is -1.19. The monoisotopic (exact) mass is 335 g/mol. The van der Waals surface area contributed by atoms with Crippen LogP contribution in [0.4, 0.5) is 4.39 Å². The molecule has 2 aromatic carbocycles. The van der Waals surface area contributed by atoms with Crippen LogP contribution in [0.1, 0.15) is 30.5 Å². The van der Waals surface area contributed by atoms with E-state index in [4.69, 9.17) is 5.73 Å². The van der Waals surface area contributed by atoms with Crippen molar-refractivity contribution in [1.29, 1.82) is 0 Å². The molecule has 1 atom stereocenters. The van der Waals surface area contributed by atoms with Crippen LogP contribution in [0.5, 0.6) is 0 Å². The summed E-state index contributed by atoms with van der Waals surface area (Å²) in [4.78, 5) is 0. The maximum atomic E-state index is 13.9. The zero-order valence-electron chi connectivity index (χ0n) is 11.8. The van der Waals surface area contributed by atoms with Crippen molar-refractivity contribution in [2.75, 3.05) is 0 Å². The lowest BCUT2D eigenvalue weighted by Gasteiger charge is -2.26. The molecule has 0 aliphatic heterocycles. The molecule has 0 aromatic heterocycles. The molecular weight excluding hydrogens is 317 g/mol. The molecule has 0 saturated heterocycles. The molecule has 0 bridgehead atoms. The fourth-order valence-electron chi connectivity index (χ4n) is 2.28. The Morgan fingerprint density at radius 2 is 1.80 bits per heavy atom. The minimum absolute atomic E-state index is 0.221. The summed E-state index contributed by atoms with van der Waals surface area (Å²) in [6, 6.07) is 13.3. The lowest BCUT2D eigenvalue weighted by atomic mass is 9.86. The van der Waals surface area contributed by atoms with Gasteiger partial charge in [-0.3, -0.25) is 0 Å². The first kappa shape index (κ1) is 15.2. The lowest BCUT2D eigenvalue weighted by molar-refractivity contribution is 0.475. The summed E-state index contributed by atoms with van der Waals surface area (Å²) in [6.45, 7) is 4.06. The van der Waals surface area contributed by atoms with E-state index in [1.807, 2.05) is 25.1 Å². The Balaban J connectivity index is 2.25. The van der Waals surface area contributed by atoms with Gasteiger partial charge in [0, 0.05) is 10.0 Å². The molecule has 2 N–H and O–H groups in total. The molecule has 2 aromatic rings. The molecular formula is C17H19BrFN. The van der Waals surface area contributed by atoms with Crippen molar-refractivity contribution in [2.45, 2.75) is 32.2 Å². The lowest BCUT2D eigenvalue weighted by Crippen LogP contribution is -2.35. The van der Waals surface area contributed by atoms with Crippen LogP contribution in [-0.4, -0.2) is 0 Å². The highest BCUT2D eigenvalue weighted by atomic mass is 79.9. The Labute approximate surface area is 128 Å². The summed E-state index contributed by atoms with van der Waals surface area (Å²) in [5, 5.41) is 0. The van der Waals surface area contributed by atoms with Gasteiger partial charge in [-0.25, -0.2) is 4.39 Å². The predicted octanol–water partition coefficient (Wildman–Crippen LogP) is 4.57. The minimum Gasteiger partial charge on any atom is -0.321 e. The van der Waals surface area contributed by atoms with Crippen LogP contribution in [-0.2, 0) is 18.4 Å². The van der Waals surface area contributed by atoms with E-state index in [2.05, 4.69) is 35.0 Å². The van der Waals surface area contributed by atoms with Gasteiger partial charge in [-0.15, -0.1) is 0 Å². The third-order valence-corrected chi connectivity index (χ3v) is 4.09. The summed E-state index contributed by atoms with van der Waals surface area (Å²) in [5.41, 5.74) is 8.75. The van der Waals surface area contributed by atoms with Gasteiger partial charge >= 0.3 is 0 Å². The quantitative estimate of drug-likeness (QED) is 0.870. The summed E-state index contributed by atoms with van der Waals surface area (Å²) < 4.78 is 14.7.